The van der Waals surface area contributed by atoms with Crippen LogP contribution in [0.1, 0.15) is 19.3 Å². The van der Waals surface area contributed by atoms with Gasteiger partial charge in [0.1, 0.15) is 0 Å². The Morgan fingerprint density at radius 2 is 2.19 bits per heavy atom. The third kappa shape index (κ3) is 3.47. The van der Waals surface area contributed by atoms with Crippen LogP contribution >= 0.6 is 0 Å². The fraction of sp³-hybridized carbons (Fsp3) is 0.778. The van der Waals surface area contributed by atoms with Crippen LogP contribution in [-0.4, -0.2) is 44.1 Å². The van der Waals surface area contributed by atoms with E-state index in [1.54, 1.807) is 0 Å². The van der Waals surface area contributed by atoms with Crippen molar-refractivity contribution in [2.75, 3.05) is 19.4 Å². The molecule has 0 amide bonds. The van der Waals surface area contributed by atoms with Crippen LogP contribution in [0.2, 0.25) is 0 Å². The summed E-state index contributed by atoms with van der Waals surface area (Å²) in [5.74, 6) is -1.42. The van der Waals surface area contributed by atoms with E-state index in [-0.39, 0.29) is 19.0 Å². The minimum absolute atomic E-state index is 0.0389. The van der Waals surface area contributed by atoms with Gasteiger partial charge in [0.15, 0.2) is 5.75 Å². The first-order valence-corrected chi connectivity index (χ1v) is 6.55. The van der Waals surface area contributed by atoms with Crippen molar-refractivity contribution in [1.82, 2.24) is 4.31 Å². The molecule has 0 bridgehead atoms. The lowest BCUT2D eigenvalue weighted by atomic mass is 10.4. The zero-order valence-electron chi connectivity index (χ0n) is 9.05. The van der Waals surface area contributed by atoms with Gasteiger partial charge in [0.25, 0.3) is 0 Å². The molecule has 1 aliphatic carbocycles. The molecule has 1 rings (SSSR count). The highest BCUT2D eigenvalue weighted by molar-refractivity contribution is 7.89. The smallest absolute Gasteiger partial charge is 0.322 e. The lowest BCUT2D eigenvalue weighted by Gasteiger charge is -2.19. The molecule has 0 spiro atoms. The first kappa shape index (κ1) is 12.9. The minimum atomic E-state index is -3.64. The van der Waals surface area contributed by atoms with Gasteiger partial charge >= 0.3 is 5.97 Å². The zero-order chi connectivity index (χ0) is 12.2. The maximum absolute atomic E-state index is 11.8. The molecule has 1 aliphatic rings. The number of esters is 1. The molecule has 0 aromatic heterocycles. The Bertz CT molecular complexity index is 394. The van der Waals surface area contributed by atoms with Gasteiger partial charge in [-0.25, -0.2) is 8.42 Å². The third-order valence-electron chi connectivity index (χ3n) is 2.28. The molecule has 7 heteroatoms. The molecule has 0 N–H and O–H groups in total. The summed E-state index contributed by atoms with van der Waals surface area (Å²) in [4.78, 5) is 11.0. The van der Waals surface area contributed by atoms with Crippen LogP contribution in [-0.2, 0) is 19.6 Å². The van der Waals surface area contributed by atoms with E-state index in [1.807, 2.05) is 6.07 Å². The largest absolute Gasteiger partial charge is 0.468 e. The van der Waals surface area contributed by atoms with Crippen molar-refractivity contribution < 1.29 is 17.9 Å². The van der Waals surface area contributed by atoms with Crippen LogP contribution in [0.4, 0.5) is 0 Å². The SMILES string of the molecule is COC(=O)CS(=O)(=O)N(CCC#N)C1CC1. The maximum atomic E-state index is 11.8. The molecular formula is C9H14N2O4S. The third-order valence-corrected chi connectivity index (χ3v) is 4.08. The van der Waals surface area contributed by atoms with Gasteiger partial charge in [-0.2, -0.15) is 9.57 Å². The van der Waals surface area contributed by atoms with Gasteiger partial charge in [-0.05, 0) is 12.8 Å². The zero-order valence-corrected chi connectivity index (χ0v) is 9.87. The van der Waals surface area contributed by atoms with E-state index in [0.717, 1.165) is 20.0 Å². The molecule has 0 aromatic rings. The van der Waals surface area contributed by atoms with Crippen LogP contribution in [0.5, 0.6) is 0 Å². The Hall–Kier alpha value is -1.13. The van der Waals surface area contributed by atoms with Gasteiger partial charge in [0, 0.05) is 19.0 Å². The average molecular weight is 246 g/mol. The summed E-state index contributed by atoms with van der Waals surface area (Å²) < 4.78 is 29.2. The van der Waals surface area contributed by atoms with Gasteiger partial charge in [0.05, 0.1) is 13.2 Å². The summed E-state index contributed by atoms with van der Waals surface area (Å²) in [7, 11) is -2.49. The highest BCUT2D eigenvalue weighted by Crippen LogP contribution is 2.29. The lowest BCUT2D eigenvalue weighted by Crippen LogP contribution is -2.38. The molecule has 16 heavy (non-hydrogen) atoms. The number of carbonyl (C=O) groups excluding carboxylic acids is 1. The van der Waals surface area contributed by atoms with Gasteiger partial charge in [-0.3, -0.25) is 4.79 Å². The summed E-state index contributed by atoms with van der Waals surface area (Å²) in [6.07, 6.45) is 1.73. The number of rotatable bonds is 6. The highest BCUT2D eigenvalue weighted by Gasteiger charge is 2.37. The number of carbonyl (C=O) groups is 1. The van der Waals surface area contributed by atoms with E-state index in [1.165, 1.54) is 4.31 Å². The van der Waals surface area contributed by atoms with Gasteiger partial charge < -0.3 is 4.74 Å². The quantitative estimate of drug-likeness (QED) is 0.609. The van der Waals surface area contributed by atoms with E-state index < -0.39 is 21.7 Å². The van der Waals surface area contributed by atoms with Crippen molar-refractivity contribution >= 4 is 16.0 Å². The Morgan fingerprint density at radius 1 is 1.56 bits per heavy atom. The maximum Gasteiger partial charge on any atom is 0.322 e. The van der Waals surface area contributed by atoms with Gasteiger partial charge in [-0.1, -0.05) is 0 Å². The van der Waals surface area contributed by atoms with E-state index in [4.69, 9.17) is 5.26 Å². The summed E-state index contributed by atoms with van der Waals surface area (Å²) >= 11 is 0. The molecule has 0 saturated heterocycles. The Morgan fingerprint density at radius 3 is 2.62 bits per heavy atom. The summed E-state index contributed by atoms with van der Waals surface area (Å²) in [6.45, 7) is 0.153. The summed E-state index contributed by atoms with van der Waals surface area (Å²) in [5.41, 5.74) is 0. The lowest BCUT2D eigenvalue weighted by molar-refractivity contribution is -0.137. The molecule has 0 unspecified atom stereocenters. The van der Waals surface area contributed by atoms with Crippen LogP contribution in [0.25, 0.3) is 0 Å². The fourth-order valence-corrected chi connectivity index (χ4v) is 2.98. The topological polar surface area (TPSA) is 87.5 Å². The van der Waals surface area contributed by atoms with Crippen LogP contribution < -0.4 is 0 Å². The normalized spacial score (nSPS) is 15.8. The number of hydrogen-bond donors (Lipinski definition) is 0. The second-order valence-corrected chi connectivity index (χ2v) is 5.50. The standard InChI is InChI=1S/C9H14N2O4S/c1-15-9(12)7-16(13,14)11(6-2-5-10)8-3-4-8/h8H,2-4,6-7H2,1H3. The van der Waals surface area contributed by atoms with E-state index in [2.05, 4.69) is 4.74 Å². The number of nitrogens with zero attached hydrogens (tertiary/aromatic N) is 2. The molecule has 1 saturated carbocycles. The number of ether oxygens (including phenoxy) is 1. The fourth-order valence-electron chi connectivity index (χ4n) is 1.36. The van der Waals surface area contributed by atoms with Crippen molar-refractivity contribution in [2.24, 2.45) is 0 Å². The molecule has 0 radical (unpaired) electrons. The number of nitriles is 1. The first-order chi connectivity index (χ1) is 7.51. The van der Waals surface area contributed by atoms with Crippen molar-refractivity contribution in [3.8, 4) is 6.07 Å². The summed E-state index contributed by atoms with van der Waals surface area (Å²) in [5, 5.41) is 8.45. The van der Waals surface area contributed by atoms with E-state index in [9.17, 15) is 13.2 Å². The molecular weight excluding hydrogens is 232 g/mol. The van der Waals surface area contributed by atoms with E-state index in [0.29, 0.717) is 0 Å². The monoisotopic (exact) mass is 246 g/mol. The van der Waals surface area contributed by atoms with Crippen molar-refractivity contribution in [3.05, 3.63) is 0 Å². The van der Waals surface area contributed by atoms with Crippen molar-refractivity contribution in [1.29, 1.82) is 5.26 Å². The Balaban J connectivity index is 2.68. The highest BCUT2D eigenvalue weighted by atomic mass is 32.2. The van der Waals surface area contributed by atoms with Crippen molar-refractivity contribution in [3.63, 3.8) is 0 Å². The van der Waals surface area contributed by atoms with Gasteiger partial charge in [0.2, 0.25) is 10.0 Å². The predicted molar refractivity (Wildman–Crippen MR) is 55.8 cm³/mol. The van der Waals surface area contributed by atoms with E-state index >= 15 is 0 Å². The molecule has 90 valence electrons. The first-order valence-electron chi connectivity index (χ1n) is 4.94. The number of sulfonamides is 1. The molecule has 0 heterocycles. The van der Waals surface area contributed by atoms with Crippen molar-refractivity contribution in [2.45, 2.75) is 25.3 Å². The van der Waals surface area contributed by atoms with Crippen LogP contribution in [0.3, 0.4) is 0 Å². The molecule has 0 aromatic carbocycles. The molecule has 1 fully saturated rings. The average Bonchev–Trinajstić information content (AvgIpc) is 3.01. The second kappa shape index (κ2) is 5.27. The minimum Gasteiger partial charge on any atom is -0.468 e. The second-order valence-electron chi connectivity index (χ2n) is 3.58. The Labute approximate surface area is 94.8 Å². The van der Waals surface area contributed by atoms with Crippen LogP contribution in [0, 0.1) is 11.3 Å². The molecule has 0 aliphatic heterocycles. The summed E-state index contributed by atoms with van der Waals surface area (Å²) in [6, 6.07) is 1.86. The predicted octanol–water partition coefficient (Wildman–Crippen LogP) is -0.133. The molecule has 0 atom stereocenters. The molecule has 6 nitrogen and oxygen atoms in total. The van der Waals surface area contributed by atoms with Gasteiger partial charge in [-0.15, -0.1) is 0 Å². The van der Waals surface area contributed by atoms with Crippen LogP contribution in [0.15, 0.2) is 0 Å². The number of hydrogen-bond acceptors (Lipinski definition) is 5. The Kier molecular flexibility index (Phi) is 4.26. The number of methoxy groups -OCH3 is 1.